The number of anilines is 3. The standard InChI is InChI=1S/C23H20ClFN4O2/c1-14-7-9-19(15(2)11-14)28-22(30)23(31)29-26-13-16-12-17(24)8-10-20(16)27-21-6-4-3-5-18(21)25/h3-13,27H,1-2H3,(H,28,30)(H,29,31)/b26-13-. The summed E-state index contributed by atoms with van der Waals surface area (Å²) in [5.74, 6) is -2.20. The molecular formula is C23H20ClFN4O2. The molecule has 0 unspecified atom stereocenters. The zero-order valence-corrected chi connectivity index (χ0v) is 17.6. The average molecular weight is 439 g/mol. The number of nitrogens with zero attached hydrogens (tertiary/aromatic N) is 1. The Hall–Kier alpha value is -3.71. The molecule has 3 aromatic carbocycles. The zero-order chi connectivity index (χ0) is 22.4. The lowest BCUT2D eigenvalue weighted by Gasteiger charge is -2.11. The average Bonchev–Trinajstić information content (AvgIpc) is 2.73. The van der Waals surface area contributed by atoms with E-state index in [1.807, 2.05) is 26.0 Å². The Morgan fingerprint density at radius 3 is 2.42 bits per heavy atom. The third-order valence-corrected chi connectivity index (χ3v) is 4.60. The summed E-state index contributed by atoms with van der Waals surface area (Å²) in [6, 6.07) is 16.6. The molecule has 0 radical (unpaired) electrons. The van der Waals surface area contributed by atoms with Crippen LogP contribution in [0.2, 0.25) is 5.02 Å². The van der Waals surface area contributed by atoms with Crippen molar-refractivity contribution >= 4 is 46.7 Å². The normalized spacial score (nSPS) is 10.7. The van der Waals surface area contributed by atoms with E-state index in [4.69, 9.17) is 11.6 Å². The molecule has 0 atom stereocenters. The van der Waals surface area contributed by atoms with Crippen molar-refractivity contribution in [2.45, 2.75) is 13.8 Å². The van der Waals surface area contributed by atoms with Gasteiger partial charge in [-0.05, 0) is 55.8 Å². The van der Waals surface area contributed by atoms with Crippen LogP contribution >= 0.6 is 11.6 Å². The first-order chi connectivity index (χ1) is 14.8. The molecule has 0 spiro atoms. The molecule has 0 bridgehead atoms. The van der Waals surface area contributed by atoms with Crippen LogP contribution in [0.3, 0.4) is 0 Å². The summed E-state index contributed by atoms with van der Waals surface area (Å²) in [4.78, 5) is 24.2. The summed E-state index contributed by atoms with van der Waals surface area (Å²) in [6.07, 6.45) is 1.32. The maximum absolute atomic E-state index is 13.9. The van der Waals surface area contributed by atoms with Crippen molar-refractivity contribution < 1.29 is 14.0 Å². The molecule has 0 aromatic heterocycles. The predicted molar refractivity (Wildman–Crippen MR) is 121 cm³/mol. The van der Waals surface area contributed by atoms with Gasteiger partial charge < -0.3 is 10.6 Å². The summed E-state index contributed by atoms with van der Waals surface area (Å²) in [7, 11) is 0. The van der Waals surface area contributed by atoms with Crippen molar-refractivity contribution in [3.8, 4) is 0 Å². The highest BCUT2D eigenvalue weighted by atomic mass is 35.5. The number of benzene rings is 3. The van der Waals surface area contributed by atoms with Crippen LogP contribution in [-0.2, 0) is 9.59 Å². The van der Waals surface area contributed by atoms with Gasteiger partial charge in [0.15, 0.2) is 0 Å². The lowest BCUT2D eigenvalue weighted by atomic mass is 10.1. The SMILES string of the molecule is Cc1ccc(NC(=O)C(=O)N/N=C\c2cc(Cl)ccc2Nc2ccccc2F)c(C)c1. The lowest BCUT2D eigenvalue weighted by molar-refractivity contribution is -0.136. The van der Waals surface area contributed by atoms with Crippen LogP contribution in [0.25, 0.3) is 0 Å². The van der Waals surface area contributed by atoms with Crippen LogP contribution < -0.4 is 16.1 Å². The Labute approximate surface area is 184 Å². The van der Waals surface area contributed by atoms with Crippen molar-refractivity contribution in [1.29, 1.82) is 0 Å². The van der Waals surface area contributed by atoms with Crippen LogP contribution in [0.1, 0.15) is 16.7 Å². The molecule has 0 fully saturated rings. The fourth-order valence-electron chi connectivity index (χ4n) is 2.81. The number of hydrogen-bond donors (Lipinski definition) is 3. The third kappa shape index (κ3) is 5.90. The van der Waals surface area contributed by atoms with Gasteiger partial charge >= 0.3 is 11.8 Å². The van der Waals surface area contributed by atoms with Gasteiger partial charge in [0.1, 0.15) is 5.82 Å². The first kappa shape index (κ1) is 22.0. The molecular weight excluding hydrogens is 419 g/mol. The predicted octanol–water partition coefficient (Wildman–Crippen LogP) is 4.93. The molecule has 3 N–H and O–H groups in total. The summed E-state index contributed by atoms with van der Waals surface area (Å²) < 4.78 is 13.9. The van der Waals surface area contributed by atoms with Gasteiger partial charge in [0.2, 0.25) is 0 Å². The molecule has 0 aliphatic rings. The quantitative estimate of drug-likeness (QED) is 0.300. The van der Waals surface area contributed by atoms with E-state index in [1.165, 1.54) is 12.3 Å². The monoisotopic (exact) mass is 438 g/mol. The van der Waals surface area contributed by atoms with Crippen LogP contribution in [0.4, 0.5) is 21.5 Å². The van der Waals surface area contributed by atoms with Gasteiger partial charge in [-0.1, -0.05) is 41.4 Å². The fraction of sp³-hybridized carbons (Fsp3) is 0.0870. The van der Waals surface area contributed by atoms with Gasteiger partial charge in [0.05, 0.1) is 11.9 Å². The van der Waals surface area contributed by atoms with Crippen LogP contribution in [0, 0.1) is 19.7 Å². The fourth-order valence-corrected chi connectivity index (χ4v) is 2.99. The number of aryl methyl sites for hydroxylation is 2. The molecule has 0 heterocycles. The summed E-state index contributed by atoms with van der Waals surface area (Å²) in [5, 5.41) is 9.76. The highest BCUT2D eigenvalue weighted by Crippen LogP contribution is 2.24. The van der Waals surface area contributed by atoms with Gasteiger partial charge in [-0.15, -0.1) is 0 Å². The molecule has 3 rings (SSSR count). The van der Waals surface area contributed by atoms with E-state index in [0.717, 1.165) is 11.1 Å². The number of amides is 2. The van der Waals surface area contributed by atoms with E-state index in [0.29, 0.717) is 22.0 Å². The number of carbonyl (C=O) groups is 2. The number of para-hydroxylation sites is 1. The second kappa shape index (κ2) is 9.86. The first-order valence-electron chi connectivity index (χ1n) is 9.36. The van der Waals surface area contributed by atoms with Crippen molar-refractivity contribution in [1.82, 2.24) is 5.43 Å². The number of halogens is 2. The van der Waals surface area contributed by atoms with Gasteiger partial charge in [0.25, 0.3) is 0 Å². The second-order valence-corrected chi connectivity index (χ2v) is 7.24. The van der Waals surface area contributed by atoms with Crippen molar-refractivity contribution in [2.24, 2.45) is 5.10 Å². The molecule has 31 heavy (non-hydrogen) atoms. The number of hydrazone groups is 1. The summed E-state index contributed by atoms with van der Waals surface area (Å²) in [5.41, 5.74) is 5.89. The smallest absolute Gasteiger partial charge is 0.329 e. The van der Waals surface area contributed by atoms with E-state index < -0.39 is 17.6 Å². The summed E-state index contributed by atoms with van der Waals surface area (Å²) in [6.45, 7) is 3.77. The number of nitrogens with one attached hydrogen (secondary N) is 3. The van der Waals surface area contributed by atoms with Crippen LogP contribution in [0.5, 0.6) is 0 Å². The van der Waals surface area contributed by atoms with Crippen LogP contribution in [-0.4, -0.2) is 18.0 Å². The van der Waals surface area contributed by atoms with Gasteiger partial charge in [-0.2, -0.15) is 5.10 Å². The molecule has 0 aliphatic carbocycles. The van der Waals surface area contributed by atoms with E-state index >= 15 is 0 Å². The Morgan fingerprint density at radius 1 is 0.935 bits per heavy atom. The van der Waals surface area contributed by atoms with Crippen molar-refractivity contribution in [2.75, 3.05) is 10.6 Å². The highest BCUT2D eigenvalue weighted by molar-refractivity contribution is 6.39. The summed E-state index contributed by atoms with van der Waals surface area (Å²) >= 11 is 6.04. The largest absolute Gasteiger partial charge is 0.353 e. The van der Waals surface area contributed by atoms with E-state index in [2.05, 4.69) is 21.2 Å². The lowest BCUT2D eigenvalue weighted by Crippen LogP contribution is -2.32. The molecule has 2 amide bonds. The van der Waals surface area contributed by atoms with Crippen molar-refractivity contribution in [3.63, 3.8) is 0 Å². The van der Waals surface area contributed by atoms with E-state index in [-0.39, 0.29) is 5.69 Å². The molecule has 0 aliphatic heterocycles. The molecule has 0 saturated heterocycles. The maximum atomic E-state index is 13.9. The Morgan fingerprint density at radius 2 is 1.68 bits per heavy atom. The van der Waals surface area contributed by atoms with Gasteiger partial charge in [0, 0.05) is 22.0 Å². The van der Waals surface area contributed by atoms with Gasteiger partial charge in [-0.3, -0.25) is 9.59 Å². The van der Waals surface area contributed by atoms with E-state index in [1.54, 1.807) is 42.5 Å². The first-order valence-corrected chi connectivity index (χ1v) is 9.74. The van der Waals surface area contributed by atoms with Crippen molar-refractivity contribution in [3.05, 3.63) is 88.2 Å². The number of rotatable bonds is 5. The minimum absolute atomic E-state index is 0.274. The molecule has 158 valence electrons. The highest BCUT2D eigenvalue weighted by Gasteiger charge is 2.14. The molecule has 8 heteroatoms. The third-order valence-electron chi connectivity index (χ3n) is 4.36. The number of carbonyl (C=O) groups excluding carboxylic acids is 2. The Kier molecular flexibility index (Phi) is 6.99. The molecule has 3 aromatic rings. The molecule has 6 nitrogen and oxygen atoms in total. The Bertz CT molecular complexity index is 1160. The minimum Gasteiger partial charge on any atom is -0.353 e. The maximum Gasteiger partial charge on any atom is 0.329 e. The van der Waals surface area contributed by atoms with E-state index in [9.17, 15) is 14.0 Å². The topological polar surface area (TPSA) is 82.6 Å². The second-order valence-electron chi connectivity index (χ2n) is 6.81. The van der Waals surface area contributed by atoms with Crippen LogP contribution in [0.15, 0.2) is 65.8 Å². The molecule has 0 saturated carbocycles. The van der Waals surface area contributed by atoms with Gasteiger partial charge in [-0.25, -0.2) is 9.82 Å². The Balaban J connectivity index is 1.68. The number of hydrogen-bond acceptors (Lipinski definition) is 4. The zero-order valence-electron chi connectivity index (χ0n) is 16.9. The minimum atomic E-state index is -0.929.